The molecule has 0 radical (unpaired) electrons. The van der Waals surface area contributed by atoms with Gasteiger partial charge in [-0.25, -0.2) is 0 Å². The molecule has 5 heteroatoms. The molecule has 0 unspecified atom stereocenters. The molecule has 1 aliphatic heterocycles. The van der Waals surface area contributed by atoms with Gasteiger partial charge in [0.2, 0.25) is 0 Å². The van der Waals surface area contributed by atoms with E-state index in [0.29, 0.717) is 29.9 Å². The SMILES string of the molecule is Cl/C=C1\CN(Cc2ccccc2)C(=Nc2ccc(Cl)cc2)O1. The second-order valence-electron chi connectivity index (χ2n) is 4.89. The Labute approximate surface area is 139 Å². The number of halogens is 2. The summed E-state index contributed by atoms with van der Waals surface area (Å²) in [7, 11) is 0. The third kappa shape index (κ3) is 3.62. The second-order valence-corrected chi connectivity index (χ2v) is 5.54. The number of amidine groups is 1. The molecule has 0 saturated carbocycles. The lowest BCUT2D eigenvalue weighted by Gasteiger charge is -2.15. The fourth-order valence-electron chi connectivity index (χ4n) is 2.17. The van der Waals surface area contributed by atoms with Crippen LogP contribution in [0.2, 0.25) is 5.02 Å². The molecule has 1 saturated heterocycles. The van der Waals surface area contributed by atoms with Crippen LogP contribution in [0.3, 0.4) is 0 Å². The van der Waals surface area contributed by atoms with Crippen molar-refractivity contribution in [2.75, 3.05) is 6.54 Å². The fourth-order valence-corrected chi connectivity index (χ4v) is 2.41. The van der Waals surface area contributed by atoms with Gasteiger partial charge in [0, 0.05) is 17.1 Å². The van der Waals surface area contributed by atoms with E-state index in [1.54, 1.807) is 12.1 Å². The highest BCUT2D eigenvalue weighted by molar-refractivity contribution is 6.30. The molecule has 0 bridgehead atoms. The molecule has 0 amide bonds. The minimum absolute atomic E-state index is 0.540. The van der Waals surface area contributed by atoms with Crippen molar-refractivity contribution in [1.82, 2.24) is 4.90 Å². The maximum atomic E-state index is 5.89. The molecule has 0 atom stereocenters. The van der Waals surface area contributed by atoms with E-state index >= 15 is 0 Å². The Bertz CT molecular complexity index is 696. The van der Waals surface area contributed by atoms with Crippen LogP contribution in [0.1, 0.15) is 5.56 Å². The van der Waals surface area contributed by atoms with E-state index in [2.05, 4.69) is 17.1 Å². The van der Waals surface area contributed by atoms with Crippen LogP contribution in [0.15, 0.2) is 70.9 Å². The van der Waals surface area contributed by atoms with Crippen molar-refractivity contribution in [3.05, 3.63) is 76.5 Å². The summed E-state index contributed by atoms with van der Waals surface area (Å²) in [5, 5.41) is 0.679. The minimum Gasteiger partial charge on any atom is -0.427 e. The number of aliphatic imine (C=N–C) groups is 1. The Morgan fingerprint density at radius 3 is 2.50 bits per heavy atom. The third-order valence-corrected chi connectivity index (χ3v) is 3.72. The van der Waals surface area contributed by atoms with E-state index in [4.69, 9.17) is 27.9 Å². The first-order valence-electron chi connectivity index (χ1n) is 6.85. The van der Waals surface area contributed by atoms with Crippen LogP contribution in [0.4, 0.5) is 5.69 Å². The van der Waals surface area contributed by atoms with Gasteiger partial charge in [-0.1, -0.05) is 53.5 Å². The van der Waals surface area contributed by atoms with Crippen molar-refractivity contribution in [3.63, 3.8) is 0 Å². The number of hydrogen-bond donors (Lipinski definition) is 0. The molecule has 2 aromatic rings. The third-order valence-electron chi connectivity index (χ3n) is 3.23. The highest BCUT2D eigenvalue weighted by Gasteiger charge is 2.25. The quantitative estimate of drug-likeness (QED) is 0.795. The number of nitrogens with zero attached hydrogens (tertiary/aromatic N) is 2. The van der Waals surface area contributed by atoms with Crippen molar-refractivity contribution in [2.45, 2.75) is 6.54 Å². The number of rotatable bonds is 3. The van der Waals surface area contributed by atoms with Gasteiger partial charge in [0.15, 0.2) is 0 Å². The Balaban J connectivity index is 1.84. The molecular weight excluding hydrogens is 319 g/mol. The zero-order chi connectivity index (χ0) is 15.4. The zero-order valence-electron chi connectivity index (χ0n) is 11.7. The Kier molecular flexibility index (Phi) is 4.66. The average Bonchev–Trinajstić information content (AvgIpc) is 2.92. The van der Waals surface area contributed by atoms with E-state index in [0.717, 1.165) is 5.69 Å². The first-order chi connectivity index (χ1) is 10.7. The van der Waals surface area contributed by atoms with Crippen LogP contribution >= 0.6 is 23.2 Å². The summed E-state index contributed by atoms with van der Waals surface area (Å²) >= 11 is 11.7. The lowest BCUT2D eigenvalue weighted by molar-refractivity contribution is 0.415. The van der Waals surface area contributed by atoms with E-state index in [1.807, 2.05) is 35.2 Å². The van der Waals surface area contributed by atoms with Crippen LogP contribution in [-0.4, -0.2) is 17.5 Å². The van der Waals surface area contributed by atoms with Crippen molar-refractivity contribution in [2.24, 2.45) is 4.99 Å². The molecule has 1 fully saturated rings. The number of benzene rings is 2. The highest BCUT2D eigenvalue weighted by Crippen LogP contribution is 2.23. The largest absolute Gasteiger partial charge is 0.427 e. The molecule has 0 aliphatic carbocycles. The van der Waals surface area contributed by atoms with Gasteiger partial charge >= 0.3 is 0 Å². The van der Waals surface area contributed by atoms with Crippen LogP contribution in [0, 0.1) is 0 Å². The second kappa shape index (κ2) is 6.86. The molecule has 112 valence electrons. The Morgan fingerprint density at radius 2 is 1.82 bits per heavy atom. The molecule has 1 aliphatic rings. The number of ether oxygens (including phenoxy) is 1. The summed E-state index contributed by atoms with van der Waals surface area (Å²) in [6, 6.07) is 18.0. The maximum absolute atomic E-state index is 5.89. The van der Waals surface area contributed by atoms with Crippen molar-refractivity contribution in [1.29, 1.82) is 0 Å². The lowest BCUT2D eigenvalue weighted by Crippen LogP contribution is -2.24. The first-order valence-corrected chi connectivity index (χ1v) is 7.66. The van der Waals surface area contributed by atoms with E-state index in [9.17, 15) is 0 Å². The predicted molar refractivity (Wildman–Crippen MR) is 90.4 cm³/mol. The molecule has 0 aromatic heterocycles. The topological polar surface area (TPSA) is 24.8 Å². The normalized spacial score (nSPS) is 18.0. The van der Waals surface area contributed by atoms with Crippen LogP contribution in [0.5, 0.6) is 0 Å². The van der Waals surface area contributed by atoms with Gasteiger partial charge in [0.05, 0.1) is 12.2 Å². The van der Waals surface area contributed by atoms with Crippen molar-refractivity contribution in [3.8, 4) is 0 Å². The molecule has 1 heterocycles. The summed E-state index contributed by atoms with van der Waals surface area (Å²) in [5.74, 6) is 0.685. The fraction of sp³-hybridized carbons (Fsp3) is 0.118. The van der Waals surface area contributed by atoms with Gasteiger partial charge in [0.1, 0.15) is 5.76 Å². The summed E-state index contributed by atoms with van der Waals surface area (Å²) in [6.45, 7) is 1.31. The standard InChI is InChI=1S/C17H14Cl2N2O/c18-10-16-12-21(11-13-4-2-1-3-5-13)17(22-16)20-15-8-6-14(19)7-9-15/h1-10H,11-12H2/b16-10+,20-17?. The monoisotopic (exact) mass is 332 g/mol. The minimum atomic E-state index is 0.540. The van der Waals surface area contributed by atoms with Gasteiger partial charge in [-0.15, -0.1) is 0 Å². The molecule has 2 aromatic carbocycles. The number of hydrogen-bond acceptors (Lipinski definition) is 2. The van der Waals surface area contributed by atoms with Crippen molar-refractivity contribution < 1.29 is 4.74 Å². The Morgan fingerprint density at radius 1 is 1.09 bits per heavy atom. The van der Waals surface area contributed by atoms with Gasteiger partial charge in [-0.2, -0.15) is 4.99 Å². The predicted octanol–water partition coefficient (Wildman–Crippen LogP) is 4.94. The van der Waals surface area contributed by atoms with Gasteiger partial charge in [-0.3, -0.25) is 0 Å². The summed E-state index contributed by atoms with van der Waals surface area (Å²) in [5.41, 5.74) is 3.42. The molecule has 0 N–H and O–H groups in total. The summed E-state index contributed by atoms with van der Waals surface area (Å²) < 4.78 is 5.70. The molecule has 3 rings (SSSR count). The van der Waals surface area contributed by atoms with E-state index in [-0.39, 0.29) is 0 Å². The molecule has 22 heavy (non-hydrogen) atoms. The van der Waals surface area contributed by atoms with Crippen LogP contribution in [-0.2, 0) is 11.3 Å². The average molecular weight is 333 g/mol. The van der Waals surface area contributed by atoms with Crippen molar-refractivity contribution >= 4 is 34.9 Å². The van der Waals surface area contributed by atoms with Gasteiger partial charge in [0.25, 0.3) is 6.02 Å². The highest BCUT2D eigenvalue weighted by atomic mass is 35.5. The summed E-state index contributed by atoms with van der Waals surface area (Å²) in [4.78, 5) is 6.58. The summed E-state index contributed by atoms with van der Waals surface area (Å²) in [6.07, 6.45) is 0. The van der Waals surface area contributed by atoms with Crippen LogP contribution < -0.4 is 0 Å². The Hall–Kier alpha value is -1.97. The smallest absolute Gasteiger partial charge is 0.298 e. The van der Waals surface area contributed by atoms with Gasteiger partial charge in [-0.05, 0) is 29.8 Å². The molecule has 0 spiro atoms. The molecule has 3 nitrogen and oxygen atoms in total. The molecular formula is C17H14Cl2N2O. The van der Waals surface area contributed by atoms with E-state index in [1.165, 1.54) is 11.1 Å². The zero-order valence-corrected chi connectivity index (χ0v) is 13.3. The van der Waals surface area contributed by atoms with E-state index < -0.39 is 0 Å². The first kappa shape index (κ1) is 14.9. The van der Waals surface area contributed by atoms with Crippen LogP contribution in [0.25, 0.3) is 0 Å². The van der Waals surface area contributed by atoms with Gasteiger partial charge < -0.3 is 9.64 Å². The maximum Gasteiger partial charge on any atom is 0.298 e. The lowest BCUT2D eigenvalue weighted by atomic mass is 10.2.